The number of amides is 1. The van der Waals surface area contributed by atoms with Gasteiger partial charge in [0, 0.05) is 30.8 Å². The second kappa shape index (κ2) is 9.64. The van der Waals surface area contributed by atoms with Crippen LogP contribution in [0.4, 0.5) is 0 Å². The predicted molar refractivity (Wildman–Crippen MR) is 96.6 cm³/mol. The molecule has 6 heteroatoms. The molecule has 0 saturated carbocycles. The number of rotatable bonds is 9. The first-order valence-corrected chi connectivity index (χ1v) is 8.46. The van der Waals surface area contributed by atoms with E-state index < -0.39 is 0 Å². The normalized spacial score (nSPS) is 11.6. The van der Waals surface area contributed by atoms with Gasteiger partial charge in [-0.05, 0) is 36.8 Å². The average Bonchev–Trinajstić information content (AvgIpc) is 2.65. The van der Waals surface area contributed by atoms with Crippen LogP contribution in [0.15, 0.2) is 42.6 Å². The summed E-state index contributed by atoms with van der Waals surface area (Å²) in [6, 6.07) is 11.1. The molecule has 1 heterocycles. The molecule has 0 radical (unpaired) electrons. The quantitative estimate of drug-likeness (QED) is 0.731. The molecule has 0 fully saturated rings. The third-order valence-electron chi connectivity index (χ3n) is 3.62. The van der Waals surface area contributed by atoms with Crippen molar-refractivity contribution in [3.8, 4) is 17.4 Å². The molecule has 0 aliphatic carbocycles. The molecule has 6 nitrogen and oxygen atoms in total. The lowest BCUT2D eigenvalue weighted by atomic mass is 10.1. The Labute approximate surface area is 148 Å². The van der Waals surface area contributed by atoms with Crippen molar-refractivity contribution in [3.63, 3.8) is 0 Å². The summed E-state index contributed by atoms with van der Waals surface area (Å²) in [5.41, 5.74) is 6.31. The van der Waals surface area contributed by atoms with Crippen LogP contribution < -0.4 is 20.5 Å². The van der Waals surface area contributed by atoms with Crippen LogP contribution in [-0.4, -0.2) is 24.0 Å². The number of pyridine rings is 1. The van der Waals surface area contributed by atoms with Crippen LogP contribution in [0.1, 0.15) is 25.8 Å². The molecule has 25 heavy (non-hydrogen) atoms. The van der Waals surface area contributed by atoms with E-state index in [9.17, 15) is 4.79 Å². The minimum Gasteiger partial charge on any atom is -0.494 e. The summed E-state index contributed by atoms with van der Waals surface area (Å²) in [5.74, 6) is 1.61. The van der Waals surface area contributed by atoms with Crippen LogP contribution in [0.2, 0.25) is 0 Å². The van der Waals surface area contributed by atoms with Gasteiger partial charge in [0.15, 0.2) is 0 Å². The van der Waals surface area contributed by atoms with Gasteiger partial charge in [-0.2, -0.15) is 0 Å². The molecule has 1 atom stereocenters. The summed E-state index contributed by atoms with van der Waals surface area (Å²) in [4.78, 5) is 16.1. The first-order chi connectivity index (χ1) is 12.1. The summed E-state index contributed by atoms with van der Waals surface area (Å²) < 4.78 is 11.4. The second-order valence-electron chi connectivity index (χ2n) is 5.74. The van der Waals surface area contributed by atoms with Gasteiger partial charge in [-0.25, -0.2) is 4.98 Å². The highest BCUT2D eigenvalue weighted by atomic mass is 16.5. The highest BCUT2D eigenvalue weighted by Gasteiger charge is 2.12. The summed E-state index contributed by atoms with van der Waals surface area (Å²) >= 11 is 0. The zero-order chi connectivity index (χ0) is 18.1. The first kappa shape index (κ1) is 18.7. The van der Waals surface area contributed by atoms with Crippen molar-refractivity contribution in [2.45, 2.75) is 26.8 Å². The van der Waals surface area contributed by atoms with E-state index in [2.05, 4.69) is 17.2 Å². The van der Waals surface area contributed by atoms with Crippen molar-refractivity contribution in [2.24, 2.45) is 11.7 Å². The van der Waals surface area contributed by atoms with Gasteiger partial charge < -0.3 is 20.5 Å². The number of nitrogens with one attached hydrogen (secondary N) is 1. The Hall–Kier alpha value is -2.60. The first-order valence-electron chi connectivity index (χ1n) is 8.46. The highest BCUT2D eigenvalue weighted by Crippen LogP contribution is 2.25. The minimum atomic E-state index is -0.225. The van der Waals surface area contributed by atoms with Gasteiger partial charge in [0.05, 0.1) is 6.61 Å². The van der Waals surface area contributed by atoms with E-state index in [1.54, 1.807) is 13.1 Å². The molecule has 2 rings (SSSR count). The van der Waals surface area contributed by atoms with Gasteiger partial charge in [-0.3, -0.25) is 4.79 Å². The van der Waals surface area contributed by atoms with Gasteiger partial charge in [0.25, 0.3) is 0 Å². The highest BCUT2D eigenvalue weighted by molar-refractivity contribution is 5.78. The number of hydrogen-bond acceptors (Lipinski definition) is 5. The Kier molecular flexibility index (Phi) is 7.22. The van der Waals surface area contributed by atoms with Gasteiger partial charge in [0.2, 0.25) is 11.8 Å². The topological polar surface area (TPSA) is 86.5 Å². The number of carbonyl (C=O) groups is 1. The Morgan fingerprint density at radius 3 is 2.64 bits per heavy atom. The lowest BCUT2D eigenvalue weighted by molar-refractivity contribution is -0.124. The Morgan fingerprint density at radius 1 is 1.24 bits per heavy atom. The summed E-state index contributed by atoms with van der Waals surface area (Å²) in [6.45, 7) is 5.19. The summed E-state index contributed by atoms with van der Waals surface area (Å²) in [7, 11) is 0. The fourth-order valence-corrected chi connectivity index (χ4v) is 2.05. The van der Waals surface area contributed by atoms with Crippen molar-refractivity contribution in [1.29, 1.82) is 0 Å². The van der Waals surface area contributed by atoms with E-state index in [-0.39, 0.29) is 11.8 Å². The molecule has 3 N–H and O–H groups in total. The van der Waals surface area contributed by atoms with Crippen LogP contribution in [0.5, 0.6) is 17.4 Å². The lowest BCUT2D eigenvalue weighted by Crippen LogP contribution is -2.32. The monoisotopic (exact) mass is 343 g/mol. The molecule has 1 aromatic heterocycles. The van der Waals surface area contributed by atoms with E-state index in [4.69, 9.17) is 15.2 Å². The SMILES string of the molecule is CCCOc1ccc(Oc2ncccc2CNC(=O)C(C)CN)cc1. The van der Waals surface area contributed by atoms with Gasteiger partial charge >= 0.3 is 0 Å². The van der Waals surface area contributed by atoms with Crippen molar-refractivity contribution in [2.75, 3.05) is 13.2 Å². The van der Waals surface area contributed by atoms with E-state index in [0.29, 0.717) is 31.3 Å². The maximum absolute atomic E-state index is 11.9. The Morgan fingerprint density at radius 2 is 1.96 bits per heavy atom. The van der Waals surface area contributed by atoms with Crippen LogP contribution in [-0.2, 0) is 11.3 Å². The molecule has 0 spiro atoms. The van der Waals surface area contributed by atoms with E-state index in [0.717, 1.165) is 17.7 Å². The fraction of sp³-hybridized carbons (Fsp3) is 0.368. The molecule has 0 bridgehead atoms. The number of ether oxygens (including phenoxy) is 2. The number of carbonyl (C=O) groups excluding carboxylic acids is 1. The molecule has 1 amide bonds. The molecule has 0 saturated heterocycles. The third-order valence-corrected chi connectivity index (χ3v) is 3.62. The summed E-state index contributed by atoms with van der Waals surface area (Å²) in [5, 5.41) is 2.85. The smallest absolute Gasteiger partial charge is 0.224 e. The van der Waals surface area contributed by atoms with Crippen LogP contribution in [0.3, 0.4) is 0 Å². The zero-order valence-corrected chi connectivity index (χ0v) is 14.7. The van der Waals surface area contributed by atoms with Crippen molar-refractivity contribution >= 4 is 5.91 Å². The maximum atomic E-state index is 11.9. The molecular formula is C19H25N3O3. The number of aromatic nitrogens is 1. The predicted octanol–water partition coefficient (Wildman–Crippen LogP) is 2.87. The average molecular weight is 343 g/mol. The van der Waals surface area contributed by atoms with E-state index in [1.807, 2.05) is 36.4 Å². The molecular weight excluding hydrogens is 318 g/mol. The van der Waals surface area contributed by atoms with Crippen LogP contribution in [0, 0.1) is 5.92 Å². The molecule has 1 aromatic carbocycles. The Bertz CT molecular complexity index is 674. The third kappa shape index (κ3) is 5.76. The van der Waals surface area contributed by atoms with Crippen LogP contribution in [0.25, 0.3) is 0 Å². The number of nitrogens with zero attached hydrogens (tertiary/aromatic N) is 1. The largest absolute Gasteiger partial charge is 0.494 e. The minimum absolute atomic E-state index is 0.0882. The lowest BCUT2D eigenvalue weighted by Gasteiger charge is -2.13. The summed E-state index contributed by atoms with van der Waals surface area (Å²) in [6.07, 6.45) is 2.62. The van der Waals surface area contributed by atoms with Crippen molar-refractivity contribution in [3.05, 3.63) is 48.2 Å². The molecule has 0 aliphatic rings. The fourth-order valence-electron chi connectivity index (χ4n) is 2.05. The van der Waals surface area contributed by atoms with Crippen LogP contribution >= 0.6 is 0 Å². The van der Waals surface area contributed by atoms with Crippen molar-refractivity contribution < 1.29 is 14.3 Å². The van der Waals surface area contributed by atoms with E-state index >= 15 is 0 Å². The van der Waals surface area contributed by atoms with Gasteiger partial charge in [0.1, 0.15) is 11.5 Å². The van der Waals surface area contributed by atoms with Crippen molar-refractivity contribution in [1.82, 2.24) is 10.3 Å². The molecule has 0 aliphatic heterocycles. The number of nitrogens with two attached hydrogens (primary N) is 1. The Balaban J connectivity index is 2.01. The van der Waals surface area contributed by atoms with Gasteiger partial charge in [-0.1, -0.05) is 19.9 Å². The maximum Gasteiger partial charge on any atom is 0.224 e. The van der Waals surface area contributed by atoms with Gasteiger partial charge in [-0.15, -0.1) is 0 Å². The second-order valence-corrected chi connectivity index (χ2v) is 5.74. The zero-order valence-electron chi connectivity index (χ0n) is 14.7. The molecule has 2 aromatic rings. The number of benzene rings is 1. The molecule has 134 valence electrons. The number of hydrogen-bond donors (Lipinski definition) is 2. The van der Waals surface area contributed by atoms with E-state index in [1.165, 1.54) is 0 Å². The standard InChI is InChI=1S/C19H25N3O3/c1-3-11-24-16-6-8-17(9-7-16)25-19-15(5-4-10-21-19)13-22-18(23)14(2)12-20/h4-10,14H,3,11-13,20H2,1-2H3,(H,22,23). The molecule has 1 unspecified atom stereocenters.